The van der Waals surface area contributed by atoms with Crippen LogP contribution in [0.1, 0.15) is 22.8 Å². The van der Waals surface area contributed by atoms with Crippen LogP contribution in [-0.4, -0.2) is 33.9 Å². The summed E-state index contributed by atoms with van der Waals surface area (Å²) in [5.41, 5.74) is 1.40. The predicted molar refractivity (Wildman–Crippen MR) is 84.3 cm³/mol. The van der Waals surface area contributed by atoms with Gasteiger partial charge in [0.15, 0.2) is 11.5 Å². The Morgan fingerprint density at radius 3 is 2.23 bits per heavy atom. The number of rotatable bonds is 5. The van der Waals surface area contributed by atoms with Crippen LogP contribution in [0.2, 0.25) is 0 Å². The molecule has 0 aromatic heterocycles. The average molecular weight is 304 g/mol. The molecule has 0 unspecified atom stereocenters. The minimum absolute atomic E-state index is 0.338. The van der Waals surface area contributed by atoms with E-state index in [-0.39, 0.29) is 5.97 Å². The average Bonchev–Trinajstić information content (AvgIpc) is 2.52. The summed E-state index contributed by atoms with van der Waals surface area (Å²) in [6, 6.07) is 5.38. The van der Waals surface area contributed by atoms with E-state index in [9.17, 15) is 4.79 Å². The minimum Gasteiger partial charge on any atom is -0.493 e. The van der Waals surface area contributed by atoms with Gasteiger partial charge in [0.1, 0.15) is 0 Å². The molecule has 5 heteroatoms. The lowest BCUT2D eigenvalue weighted by atomic mass is 10.00. The molecule has 5 nitrogen and oxygen atoms in total. The van der Waals surface area contributed by atoms with E-state index in [2.05, 4.69) is 0 Å². The van der Waals surface area contributed by atoms with Crippen LogP contribution < -0.4 is 14.2 Å². The molecule has 2 aromatic carbocycles. The van der Waals surface area contributed by atoms with Crippen molar-refractivity contribution in [1.82, 2.24) is 0 Å². The van der Waals surface area contributed by atoms with E-state index in [1.54, 1.807) is 40.4 Å². The zero-order valence-electron chi connectivity index (χ0n) is 13.5. The first-order valence-corrected chi connectivity index (χ1v) is 6.97. The maximum atomic E-state index is 12.0. The van der Waals surface area contributed by atoms with Crippen LogP contribution in [0.25, 0.3) is 10.8 Å². The van der Waals surface area contributed by atoms with Crippen molar-refractivity contribution in [3.63, 3.8) is 0 Å². The van der Waals surface area contributed by atoms with Crippen LogP contribution in [0.15, 0.2) is 18.2 Å². The summed E-state index contributed by atoms with van der Waals surface area (Å²) in [5, 5.41) is 1.71. The third-order valence-electron chi connectivity index (χ3n) is 3.45. The number of methoxy groups -OCH3 is 3. The van der Waals surface area contributed by atoms with Crippen molar-refractivity contribution in [2.75, 3.05) is 27.9 Å². The van der Waals surface area contributed by atoms with Gasteiger partial charge < -0.3 is 18.9 Å². The van der Waals surface area contributed by atoms with Gasteiger partial charge in [-0.2, -0.15) is 0 Å². The highest BCUT2D eigenvalue weighted by atomic mass is 16.5. The number of hydrogen-bond acceptors (Lipinski definition) is 5. The molecular weight excluding hydrogens is 284 g/mol. The minimum atomic E-state index is -0.346. The van der Waals surface area contributed by atoms with Crippen LogP contribution in [0.4, 0.5) is 0 Å². The van der Waals surface area contributed by atoms with Crippen molar-refractivity contribution in [2.24, 2.45) is 0 Å². The molecule has 0 amide bonds. The summed E-state index contributed by atoms with van der Waals surface area (Å²) in [6.45, 7) is 4.04. The SMILES string of the molecule is CCOC(=O)c1cc(C)c2c(OC)c(OC)c(OC)cc2c1. The van der Waals surface area contributed by atoms with Gasteiger partial charge in [0, 0.05) is 5.39 Å². The molecule has 2 rings (SSSR count). The fourth-order valence-corrected chi connectivity index (χ4v) is 2.54. The van der Waals surface area contributed by atoms with E-state index in [1.807, 2.05) is 13.0 Å². The smallest absolute Gasteiger partial charge is 0.338 e. The summed E-state index contributed by atoms with van der Waals surface area (Å²) in [7, 11) is 4.70. The van der Waals surface area contributed by atoms with E-state index in [0.29, 0.717) is 29.4 Å². The number of benzene rings is 2. The Morgan fingerprint density at radius 2 is 1.68 bits per heavy atom. The lowest BCUT2D eigenvalue weighted by Crippen LogP contribution is -2.05. The first-order chi connectivity index (χ1) is 10.6. The van der Waals surface area contributed by atoms with Gasteiger partial charge in [-0.15, -0.1) is 0 Å². The highest BCUT2D eigenvalue weighted by Gasteiger charge is 2.19. The van der Waals surface area contributed by atoms with E-state index < -0.39 is 0 Å². The highest BCUT2D eigenvalue weighted by molar-refractivity contribution is 6.01. The van der Waals surface area contributed by atoms with Gasteiger partial charge in [-0.1, -0.05) is 0 Å². The van der Waals surface area contributed by atoms with E-state index in [1.165, 1.54) is 0 Å². The van der Waals surface area contributed by atoms with Gasteiger partial charge >= 0.3 is 5.97 Å². The third kappa shape index (κ3) is 2.66. The molecule has 0 fully saturated rings. The van der Waals surface area contributed by atoms with Crippen molar-refractivity contribution in [2.45, 2.75) is 13.8 Å². The first kappa shape index (κ1) is 15.9. The van der Waals surface area contributed by atoms with Crippen molar-refractivity contribution in [3.8, 4) is 17.2 Å². The Hall–Kier alpha value is -2.43. The lowest BCUT2D eigenvalue weighted by molar-refractivity contribution is 0.0526. The standard InChI is InChI=1S/C17H20O5/c1-6-22-17(18)12-7-10(2)14-11(8-12)9-13(19-3)15(20-4)16(14)21-5/h7-9H,6H2,1-5H3. The summed E-state index contributed by atoms with van der Waals surface area (Å²) < 4.78 is 21.3. The number of carbonyl (C=O) groups excluding carboxylic acids is 1. The maximum Gasteiger partial charge on any atom is 0.338 e. The zero-order chi connectivity index (χ0) is 16.3. The number of hydrogen-bond donors (Lipinski definition) is 0. The van der Waals surface area contributed by atoms with Crippen LogP contribution in [0.3, 0.4) is 0 Å². The predicted octanol–water partition coefficient (Wildman–Crippen LogP) is 3.35. The Bertz CT molecular complexity index is 706. The molecule has 2 aromatic rings. The van der Waals surface area contributed by atoms with E-state index >= 15 is 0 Å². The summed E-state index contributed by atoms with van der Waals surface area (Å²) in [6.07, 6.45) is 0. The van der Waals surface area contributed by atoms with Gasteiger partial charge in [0.2, 0.25) is 5.75 Å². The molecular formula is C17H20O5. The van der Waals surface area contributed by atoms with Crippen LogP contribution in [0, 0.1) is 6.92 Å². The first-order valence-electron chi connectivity index (χ1n) is 6.97. The molecule has 0 N–H and O–H groups in total. The van der Waals surface area contributed by atoms with Crippen molar-refractivity contribution in [1.29, 1.82) is 0 Å². The summed E-state index contributed by atoms with van der Waals surface area (Å²) >= 11 is 0. The fraction of sp³-hybridized carbons (Fsp3) is 0.353. The molecule has 22 heavy (non-hydrogen) atoms. The second-order valence-electron chi connectivity index (χ2n) is 4.76. The largest absolute Gasteiger partial charge is 0.493 e. The second kappa shape index (κ2) is 6.56. The van der Waals surface area contributed by atoms with Gasteiger partial charge in [-0.25, -0.2) is 4.79 Å². The normalized spacial score (nSPS) is 10.4. The molecule has 0 saturated heterocycles. The Morgan fingerprint density at radius 1 is 1.00 bits per heavy atom. The molecule has 0 heterocycles. The third-order valence-corrected chi connectivity index (χ3v) is 3.45. The zero-order valence-corrected chi connectivity index (χ0v) is 13.5. The molecule has 0 bridgehead atoms. The molecule has 0 radical (unpaired) electrons. The quantitative estimate of drug-likeness (QED) is 0.793. The van der Waals surface area contributed by atoms with Gasteiger partial charge in [-0.05, 0) is 43.0 Å². The van der Waals surface area contributed by atoms with E-state index in [4.69, 9.17) is 18.9 Å². The molecule has 0 aliphatic heterocycles. The van der Waals surface area contributed by atoms with Crippen molar-refractivity contribution < 1.29 is 23.7 Å². The van der Waals surface area contributed by atoms with Crippen LogP contribution in [-0.2, 0) is 4.74 Å². The highest BCUT2D eigenvalue weighted by Crippen LogP contribution is 2.44. The molecule has 0 aliphatic rings. The second-order valence-corrected chi connectivity index (χ2v) is 4.76. The number of esters is 1. The molecule has 0 atom stereocenters. The number of fused-ring (bicyclic) bond motifs is 1. The fourth-order valence-electron chi connectivity index (χ4n) is 2.54. The van der Waals surface area contributed by atoms with Crippen molar-refractivity contribution in [3.05, 3.63) is 29.3 Å². The van der Waals surface area contributed by atoms with E-state index in [0.717, 1.165) is 16.3 Å². The maximum absolute atomic E-state index is 12.0. The summed E-state index contributed by atoms with van der Waals surface area (Å²) in [4.78, 5) is 12.0. The van der Waals surface area contributed by atoms with Gasteiger partial charge in [0.05, 0.1) is 33.5 Å². The topological polar surface area (TPSA) is 54.0 Å². The van der Waals surface area contributed by atoms with Gasteiger partial charge in [0.25, 0.3) is 0 Å². The number of ether oxygens (including phenoxy) is 4. The Labute approximate surface area is 129 Å². The number of carbonyl (C=O) groups is 1. The Balaban J connectivity index is 2.76. The molecule has 0 spiro atoms. The molecule has 0 aliphatic carbocycles. The molecule has 0 saturated carbocycles. The Kier molecular flexibility index (Phi) is 4.75. The monoisotopic (exact) mass is 304 g/mol. The molecule has 118 valence electrons. The summed E-state index contributed by atoms with van der Waals surface area (Å²) in [5.74, 6) is 1.32. The van der Waals surface area contributed by atoms with Crippen LogP contribution >= 0.6 is 0 Å². The van der Waals surface area contributed by atoms with Crippen molar-refractivity contribution >= 4 is 16.7 Å². The number of aryl methyl sites for hydroxylation is 1. The lowest BCUT2D eigenvalue weighted by Gasteiger charge is -2.16. The van der Waals surface area contributed by atoms with Gasteiger partial charge in [-0.3, -0.25) is 0 Å². The van der Waals surface area contributed by atoms with Crippen LogP contribution in [0.5, 0.6) is 17.2 Å².